The lowest BCUT2D eigenvalue weighted by Crippen LogP contribution is -2.34. The quantitative estimate of drug-likeness (QED) is 0.440. The van der Waals surface area contributed by atoms with Crippen LogP contribution in [-0.4, -0.2) is 20.0 Å². The molecule has 0 saturated carbocycles. The van der Waals surface area contributed by atoms with Crippen LogP contribution in [0.25, 0.3) is 21.9 Å². The molecular weight excluding hydrogens is 408 g/mol. The fourth-order valence-electron chi connectivity index (χ4n) is 4.08. The number of sulfonamides is 1. The Morgan fingerprint density at radius 2 is 1.61 bits per heavy atom. The molecule has 0 saturated heterocycles. The van der Waals surface area contributed by atoms with E-state index in [-0.39, 0.29) is 11.4 Å². The van der Waals surface area contributed by atoms with Crippen molar-refractivity contribution in [3.05, 3.63) is 83.9 Å². The molecule has 0 atom stereocenters. The summed E-state index contributed by atoms with van der Waals surface area (Å²) in [6.45, 7) is 4.49. The Balaban J connectivity index is 1.83. The molecule has 0 bridgehead atoms. The van der Waals surface area contributed by atoms with Gasteiger partial charge in [-0.1, -0.05) is 60.2 Å². The van der Waals surface area contributed by atoms with Crippen molar-refractivity contribution >= 4 is 26.6 Å². The highest BCUT2D eigenvalue weighted by molar-refractivity contribution is 7.92. The minimum atomic E-state index is -3.82. The molecule has 5 nitrogen and oxygen atoms in total. The molecule has 6 heteroatoms. The van der Waals surface area contributed by atoms with E-state index in [1.807, 2.05) is 74.5 Å². The van der Waals surface area contributed by atoms with Crippen LogP contribution in [0.4, 0.5) is 5.82 Å². The fourth-order valence-corrected chi connectivity index (χ4v) is 5.48. The van der Waals surface area contributed by atoms with E-state index in [1.54, 1.807) is 12.1 Å². The van der Waals surface area contributed by atoms with Crippen LogP contribution in [0.3, 0.4) is 0 Å². The van der Waals surface area contributed by atoms with E-state index < -0.39 is 10.0 Å². The normalized spacial score (nSPS) is 13.0. The van der Waals surface area contributed by atoms with Crippen LogP contribution in [0.2, 0.25) is 0 Å². The van der Waals surface area contributed by atoms with Crippen LogP contribution in [-0.2, 0) is 16.6 Å². The molecular formula is C25H22N2O3S. The minimum Gasteiger partial charge on any atom is -0.477 e. The van der Waals surface area contributed by atoms with Crippen molar-refractivity contribution in [3.8, 4) is 17.0 Å². The van der Waals surface area contributed by atoms with Crippen molar-refractivity contribution in [1.82, 2.24) is 4.98 Å². The van der Waals surface area contributed by atoms with Gasteiger partial charge in [0.1, 0.15) is 0 Å². The van der Waals surface area contributed by atoms with Crippen molar-refractivity contribution in [1.29, 1.82) is 0 Å². The molecule has 0 radical (unpaired) electrons. The lowest BCUT2D eigenvalue weighted by atomic mass is 9.93. The van der Waals surface area contributed by atoms with Gasteiger partial charge in [0.15, 0.2) is 5.82 Å². The molecule has 0 amide bonds. The molecule has 1 aliphatic rings. The van der Waals surface area contributed by atoms with E-state index in [4.69, 9.17) is 9.72 Å². The summed E-state index contributed by atoms with van der Waals surface area (Å²) in [7, 11) is -3.82. The van der Waals surface area contributed by atoms with Crippen LogP contribution in [0.15, 0.2) is 77.7 Å². The van der Waals surface area contributed by atoms with Gasteiger partial charge < -0.3 is 4.74 Å². The van der Waals surface area contributed by atoms with Crippen molar-refractivity contribution < 1.29 is 13.2 Å². The molecule has 5 rings (SSSR count). The van der Waals surface area contributed by atoms with E-state index in [2.05, 4.69) is 0 Å². The number of hydrogen-bond donors (Lipinski definition) is 0. The second-order valence-corrected chi connectivity index (χ2v) is 9.44. The van der Waals surface area contributed by atoms with Crippen molar-refractivity contribution in [3.63, 3.8) is 0 Å². The van der Waals surface area contributed by atoms with E-state index >= 15 is 0 Å². The molecule has 0 aliphatic carbocycles. The highest BCUT2D eigenvalue weighted by Gasteiger charge is 2.34. The first kappa shape index (κ1) is 19.6. The van der Waals surface area contributed by atoms with Gasteiger partial charge in [-0.3, -0.25) is 0 Å². The molecule has 0 N–H and O–H groups in total. The Morgan fingerprint density at radius 3 is 2.35 bits per heavy atom. The highest BCUT2D eigenvalue weighted by Crippen LogP contribution is 2.46. The number of fused-ring (bicyclic) bond motifs is 5. The Bertz CT molecular complexity index is 1400. The zero-order valence-electron chi connectivity index (χ0n) is 17.4. The second kappa shape index (κ2) is 7.39. The average Bonchev–Trinajstić information content (AvgIpc) is 2.79. The summed E-state index contributed by atoms with van der Waals surface area (Å²) in [5.41, 5.74) is 3.77. The largest absolute Gasteiger partial charge is 0.477 e. The monoisotopic (exact) mass is 430 g/mol. The van der Waals surface area contributed by atoms with Gasteiger partial charge >= 0.3 is 0 Å². The van der Waals surface area contributed by atoms with Gasteiger partial charge in [0.25, 0.3) is 10.0 Å². The standard InChI is InChI=1S/C25H22N2O3S/c1-3-30-25-22-11-7-6-10-21(22)23-20-9-5-4-8-18(20)16-27(24(23)26-25)31(28,29)19-14-12-17(2)13-15-19/h4-15H,3,16H2,1-2H3. The summed E-state index contributed by atoms with van der Waals surface area (Å²) in [6.07, 6.45) is 0. The molecule has 4 aromatic rings. The third kappa shape index (κ3) is 3.15. The second-order valence-electron chi connectivity index (χ2n) is 7.58. The van der Waals surface area contributed by atoms with Gasteiger partial charge in [0.2, 0.25) is 5.88 Å². The number of nitrogens with zero attached hydrogens (tertiary/aromatic N) is 2. The molecule has 1 aromatic heterocycles. The van der Waals surface area contributed by atoms with Gasteiger partial charge in [-0.05, 0) is 48.6 Å². The predicted octanol–water partition coefficient (Wildman–Crippen LogP) is 5.32. The van der Waals surface area contributed by atoms with Gasteiger partial charge in [0, 0.05) is 10.9 Å². The van der Waals surface area contributed by atoms with Crippen molar-refractivity contribution in [2.45, 2.75) is 25.3 Å². The summed E-state index contributed by atoms with van der Waals surface area (Å²) < 4.78 is 34.7. The number of hydrogen-bond acceptors (Lipinski definition) is 4. The SMILES string of the molecule is CCOc1nc2c(c3ccccc13)-c1ccccc1CN2S(=O)(=O)c1ccc(C)cc1. The lowest BCUT2D eigenvalue weighted by molar-refractivity contribution is 0.331. The van der Waals surface area contributed by atoms with Crippen LogP contribution >= 0.6 is 0 Å². The molecule has 1 aliphatic heterocycles. The van der Waals surface area contributed by atoms with Crippen LogP contribution in [0, 0.1) is 6.92 Å². The van der Waals surface area contributed by atoms with Gasteiger partial charge in [0.05, 0.1) is 18.0 Å². The van der Waals surface area contributed by atoms with Crippen LogP contribution < -0.4 is 9.04 Å². The summed E-state index contributed by atoms with van der Waals surface area (Å²) >= 11 is 0. The lowest BCUT2D eigenvalue weighted by Gasteiger charge is -2.32. The van der Waals surface area contributed by atoms with E-state index in [0.29, 0.717) is 18.3 Å². The maximum absolute atomic E-state index is 13.7. The number of aryl methyl sites for hydroxylation is 1. The van der Waals surface area contributed by atoms with Gasteiger partial charge in [-0.2, -0.15) is 4.98 Å². The van der Waals surface area contributed by atoms with E-state index in [9.17, 15) is 8.42 Å². The Labute approximate surface area is 182 Å². The average molecular weight is 431 g/mol. The summed E-state index contributed by atoms with van der Waals surface area (Å²) in [5.74, 6) is 0.849. The summed E-state index contributed by atoms with van der Waals surface area (Å²) in [6, 6.07) is 22.7. The molecule has 0 spiro atoms. The predicted molar refractivity (Wildman–Crippen MR) is 123 cm³/mol. The maximum Gasteiger partial charge on any atom is 0.265 e. The number of rotatable bonds is 4. The Morgan fingerprint density at radius 1 is 0.935 bits per heavy atom. The van der Waals surface area contributed by atoms with Gasteiger partial charge in [-0.25, -0.2) is 12.7 Å². The van der Waals surface area contributed by atoms with Crippen LogP contribution in [0.1, 0.15) is 18.1 Å². The number of ether oxygens (including phenoxy) is 1. The van der Waals surface area contributed by atoms with E-state index in [0.717, 1.165) is 33.0 Å². The van der Waals surface area contributed by atoms with Gasteiger partial charge in [-0.15, -0.1) is 0 Å². The first-order chi connectivity index (χ1) is 15.0. The molecule has 156 valence electrons. The summed E-state index contributed by atoms with van der Waals surface area (Å²) in [4.78, 5) is 4.99. The third-order valence-electron chi connectivity index (χ3n) is 5.58. The molecule has 0 unspecified atom stereocenters. The van der Waals surface area contributed by atoms with E-state index in [1.165, 1.54) is 4.31 Å². The first-order valence-corrected chi connectivity index (χ1v) is 11.7. The topological polar surface area (TPSA) is 59.5 Å². The molecule has 2 heterocycles. The van der Waals surface area contributed by atoms with Crippen molar-refractivity contribution in [2.75, 3.05) is 10.9 Å². The molecule has 0 fully saturated rings. The molecule has 31 heavy (non-hydrogen) atoms. The zero-order chi connectivity index (χ0) is 21.6. The fraction of sp³-hybridized carbons (Fsp3) is 0.160. The smallest absolute Gasteiger partial charge is 0.265 e. The minimum absolute atomic E-state index is 0.219. The summed E-state index contributed by atoms with van der Waals surface area (Å²) in [5, 5.41) is 1.79. The van der Waals surface area contributed by atoms with Crippen LogP contribution in [0.5, 0.6) is 5.88 Å². The Hall–Kier alpha value is -3.38. The highest BCUT2D eigenvalue weighted by atomic mass is 32.2. The number of aromatic nitrogens is 1. The number of benzene rings is 3. The zero-order valence-corrected chi connectivity index (χ0v) is 18.2. The van der Waals surface area contributed by atoms with Crippen molar-refractivity contribution in [2.24, 2.45) is 0 Å². The number of anilines is 1. The third-order valence-corrected chi connectivity index (χ3v) is 7.33. The molecule has 3 aromatic carbocycles. The maximum atomic E-state index is 13.7. The Kier molecular flexibility index (Phi) is 4.67. The first-order valence-electron chi connectivity index (χ1n) is 10.2. The number of pyridine rings is 1.